The van der Waals surface area contributed by atoms with E-state index in [0.29, 0.717) is 39.0 Å². The van der Waals surface area contributed by atoms with Crippen LogP contribution in [0.4, 0.5) is 0 Å². The first-order valence-corrected chi connectivity index (χ1v) is 13.8. The van der Waals surface area contributed by atoms with E-state index in [1.165, 1.54) is 0 Å². The zero-order valence-electron chi connectivity index (χ0n) is 22.0. The predicted molar refractivity (Wildman–Crippen MR) is 135 cm³/mol. The monoisotopic (exact) mass is 502 g/mol. The number of allylic oxidation sites excluding steroid dienone is 1. The second-order valence-corrected chi connectivity index (χ2v) is 10.7. The molecule has 2 unspecified atom stereocenters. The number of aliphatic hydroxyl groups excluding tert-OH is 1. The highest BCUT2D eigenvalue weighted by Crippen LogP contribution is 2.58. The zero-order chi connectivity index (χ0) is 25.9. The summed E-state index contributed by atoms with van der Waals surface area (Å²) < 4.78 is 12.6. The third-order valence-corrected chi connectivity index (χ3v) is 8.46. The summed E-state index contributed by atoms with van der Waals surface area (Å²) in [5, 5.41) is 9.35. The molecule has 4 aliphatic heterocycles. The lowest BCUT2D eigenvalue weighted by Crippen LogP contribution is -2.57. The van der Waals surface area contributed by atoms with Crippen LogP contribution in [0.3, 0.4) is 0 Å². The molecule has 2 amide bonds. The van der Waals surface area contributed by atoms with Crippen molar-refractivity contribution in [3.63, 3.8) is 0 Å². The maximum Gasteiger partial charge on any atom is 0.313 e. The van der Waals surface area contributed by atoms with Crippen LogP contribution in [0.25, 0.3) is 0 Å². The van der Waals surface area contributed by atoms with Crippen molar-refractivity contribution in [1.82, 2.24) is 9.80 Å². The number of esters is 1. The van der Waals surface area contributed by atoms with Gasteiger partial charge in [0, 0.05) is 25.7 Å². The number of fused-ring (bicyclic) bond motifs is 2. The minimum atomic E-state index is -1.24. The number of hydrogen-bond acceptors (Lipinski definition) is 6. The largest absolute Gasteiger partial charge is 0.465 e. The van der Waals surface area contributed by atoms with Crippen LogP contribution < -0.4 is 0 Å². The maximum atomic E-state index is 14.2. The van der Waals surface area contributed by atoms with Crippen molar-refractivity contribution in [1.29, 1.82) is 0 Å². The third-order valence-electron chi connectivity index (χ3n) is 8.46. The highest BCUT2D eigenvalue weighted by molar-refractivity contribution is 5.99. The molecule has 1 spiro atoms. The number of hydrogen-bond donors (Lipinski definition) is 1. The number of nitrogens with zero attached hydrogens (tertiary/aromatic N) is 2. The lowest BCUT2D eigenvalue weighted by Gasteiger charge is -2.39. The van der Waals surface area contributed by atoms with Gasteiger partial charge in [-0.3, -0.25) is 14.4 Å². The average Bonchev–Trinajstić information content (AvgIpc) is 3.21. The lowest BCUT2D eigenvalue weighted by molar-refractivity contribution is -0.161. The summed E-state index contributed by atoms with van der Waals surface area (Å²) in [6.45, 7) is 7.21. The Morgan fingerprint density at radius 1 is 1.08 bits per heavy atom. The Hall–Kier alpha value is -2.19. The molecule has 2 fully saturated rings. The first kappa shape index (κ1) is 26.9. The van der Waals surface area contributed by atoms with Gasteiger partial charge in [0.1, 0.15) is 23.2 Å². The van der Waals surface area contributed by atoms with Crippen molar-refractivity contribution in [3.05, 3.63) is 24.3 Å². The van der Waals surface area contributed by atoms with E-state index in [2.05, 4.69) is 13.0 Å². The molecular weight excluding hydrogens is 460 g/mol. The van der Waals surface area contributed by atoms with Gasteiger partial charge in [0.15, 0.2) is 0 Å². The highest BCUT2D eigenvalue weighted by Gasteiger charge is 2.75. The van der Waals surface area contributed by atoms with Crippen LogP contribution in [0.2, 0.25) is 0 Å². The van der Waals surface area contributed by atoms with Gasteiger partial charge in [-0.2, -0.15) is 0 Å². The summed E-state index contributed by atoms with van der Waals surface area (Å²) in [5.74, 6) is -2.45. The average molecular weight is 503 g/mol. The summed E-state index contributed by atoms with van der Waals surface area (Å²) >= 11 is 0. The fraction of sp³-hybridized carbons (Fsp3) is 0.750. The van der Waals surface area contributed by atoms with Gasteiger partial charge in [0.05, 0.1) is 12.5 Å². The summed E-state index contributed by atoms with van der Waals surface area (Å²) in [4.78, 5) is 45.4. The molecule has 4 rings (SSSR count). The van der Waals surface area contributed by atoms with Gasteiger partial charge in [0.25, 0.3) is 0 Å². The molecular formula is C28H42N2O6. The van der Waals surface area contributed by atoms with E-state index in [1.54, 1.807) is 4.90 Å². The Kier molecular flexibility index (Phi) is 8.25. The van der Waals surface area contributed by atoms with Gasteiger partial charge in [0.2, 0.25) is 11.8 Å². The quantitative estimate of drug-likeness (QED) is 0.311. The molecule has 4 aliphatic rings. The van der Waals surface area contributed by atoms with Crippen molar-refractivity contribution in [2.45, 2.75) is 95.4 Å². The van der Waals surface area contributed by atoms with Crippen molar-refractivity contribution < 1.29 is 29.0 Å². The van der Waals surface area contributed by atoms with E-state index >= 15 is 0 Å². The van der Waals surface area contributed by atoms with Gasteiger partial charge in [-0.1, -0.05) is 44.6 Å². The van der Waals surface area contributed by atoms with Gasteiger partial charge in [-0.25, -0.2) is 0 Å². The topological polar surface area (TPSA) is 96.4 Å². The number of carbonyl (C=O) groups excluding carboxylic acids is 3. The van der Waals surface area contributed by atoms with Gasteiger partial charge < -0.3 is 24.4 Å². The highest BCUT2D eigenvalue weighted by atomic mass is 16.6. The molecule has 0 saturated carbocycles. The second kappa shape index (κ2) is 11.1. The molecule has 6 atom stereocenters. The smallest absolute Gasteiger partial charge is 0.313 e. The van der Waals surface area contributed by atoms with E-state index in [4.69, 9.17) is 9.47 Å². The first-order chi connectivity index (χ1) is 17.4. The fourth-order valence-corrected chi connectivity index (χ4v) is 6.66. The number of rotatable bonds is 8. The molecule has 2 saturated heterocycles. The van der Waals surface area contributed by atoms with E-state index in [-0.39, 0.29) is 24.5 Å². The van der Waals surface area contributed by atoms with Crippen LogP contribution in [0.5, 0.6) is 0 Å². The second-order valence-electron chi connectivity index (χ2n) is 10.7. The standard InChI is InChI=1S/C28H42N2O6/c1-4-13-20(3)29-17-12-15-28-21(24(32)30(16-9-10-18-31)23(28)25(29)33)22-26(34)35-19-11-7-6-8-14-27(22,5-2)36-28/h8,12,14-15,20-23,31H,4-7,9-11,13,16-19H2,1-3H3/b14-8-/t20?,21-,22+,23?,27-,28-/m0/s1. The Labute approximate surface area is 214 Å². The van der Waals surface area contributed by atoms with E-state index < -0.39 is 35.0 Å². The van der Waals surface area contributed by atoms with Crippen LogP contribution in [0, 0.1) is 11.8 Å². The number of amides is 2. The summed E-state index contributed by atoms with van der Waals surface area (Å²) in [6.07, 6.45) is 13.8. The van der Waals surface area contributed by atoms with Crippen LogP contribution >= 0.6 is 0 Å². The zero-order valence-corrected chi connectivity index (χ0v) is 22.0. The molecule has 0 aliphatic carbocycles. The summed E-state index contributed by atoms with van der Waals surface area (Å²) in [7, 11) is 0. The Balaban J connectivity index is 1.84. The van der Waals surface area contributed by atoms with Crippen LogP contribution in [0.15, 0.2) is 24.3 Å². The number of unbranched alkanes of at least 4 members (excludes halogenated alkanes) is 1. The van der Waals surface area contributed by atoms with Crippen molar-refractivity contribution in [2.24, 2.45) is 11.8 Å². The number of likely N-dealkylation sites (tertiary alicyclic amines) is 1. The third kappa shape index (κ3) is 4.40. The van der Waals surface area contributed by atoms with Crippen molar-refractivity contribution >= 4 is 17.8 Å². The number of ether oxygens (including phenoxy) is 2. The Morgan fingerprint density at radius 3 is 2.61 bits per heavy atom. The fourth-order valence-electron chi connectivity index (χ4n) is 6.66. The van der Waals surface area contributed by atoms with Crippen LogP contribution in [0.1, 0.15) is 72.1 Å². The molecule has 200 valence electrons. The molecule has 8 nitrogen and oxygen atoms in total. The minimum Gasteiger partial charge on any atom is -0.465 e. The van der Waals surface area contributed by atoms with Crippen molar-refractivity contribution in [3.8, 4) is 0 Å². The molecule has 1 N–H and O–H groups in total. The number of aliphatic hydroxyl groups is 1. The summed E-state index contributed by atoms with van der Waals surface area (Å²) in [5.41, 5.74) is -2.26. The normalized spacial score (nSPS) is 36.1. The molecule has 0 radical (unpaired) electrons. The molecule has 0 aromatic heterocycles. The minimum absolute atomic E-state index is 0.0165. The van der Waals surface area contributed by atoms with Gasteiger partial charge >= 0.3 is 5.97 Å². The molecule has 0 aromatic rings. The van der Waals surface area contributed by atoms with E-state index in [9.17, 15) is 19.5 Å². The molecule has 4 heterocycles. The van der Waals surface area contributed by atoms with Crippen LogP contribution in [-0.2, 0) is 23.9 Å². The Morgan fingerprint density at radius 2 is 1.89 bits per heavy atom. The van der Waals surface area contributed by atoms with Crippen LogP contribution in [-0.4, -0.2) is 82.3 Å². The van der Waals surface area contributed by atoms with Gasteiger partial charge in [-0.15, -0.1) is 0 Å². The molecule has 0 aromatic carbocycles. The van der Waals surface area contributed by atoms with E-state index in [1.807, 2.05) is 37.0 Å². The Bertz CT molecular complexity index is 902. The first-order valence-electron chi connectivity index (χ1n) is 13.8. The van der Waals surface area contributed by atoms with Gasteiger partial charge in [-0.05, 0) is 51.9 Å². The molecule has 8 heteroatoms. The van der Waals surface area contributed by atoms with E-state index in [0.717, 1.165) is 32.1 Å². The molecule has 36 heavy (non-hydrogen) atoms. The summed E-state index contributed by atoms with van der Waals surface area (Å²) in [6, 6.07) is -0.836. The SMILES string of the molecule is CCCC(C)N1CC=C[C@]23O[C@@]4(CC)/C=C\CCCCOC(=O)[C@H]4[C@H]2C(=O)N(CCCCO)C3C1=O. The van der Waals surface area contributed by atoms with Crippen molar-refractivity contribution in [2.75, 3.05) is 26.3 Å². The number of cyclic esters (lactones) is 1. The maximum absolute atomic E-state index is 14.2. The lowest BCUT2D eigenvalue weighted by atomic mass is 9.73. The molecule has 0 bridgehead atoms. The number of carbonyl (C=O) groups is 3. The predicted octanol–water partition coefficient (Wildman–Crippen LogP) is 2.99.